The lowest BCUT2D eigenvalue weighted by atomic mass is 10.1. The maximum atomic E-state index is 11.7. The van der Waals surface area contributed by atoms with Crippen LogP contribution in [0.25, 0.3) is 0 Å². The average molecular weight is 285 g/mol. The molecular weight excluding hydrogens is 262 g/mol. The molecule has 0 aliphatic rings. The van der Waals surface area contributed by atoms with Gasteiger partial charge in [-0.3, -0.25) is 0 Å². The van der Waals surface area contributed by atoms with Crippen molar-refractivity contribution in [1.82, 2.24) is 4.72 Å². The highest BCUT2D eigenvalue weighted by Gasteiger charge is 2.14. The Kier molecular flexibility index (Phi) is 5.20. The van der Waals surface area contributed by atoms with Crippen molar-refractivity contribution in [2.75, 3.05) is 31.3 Å². The molecule has 0 heterocycles. The number of nitrogens with zero attached hydrogens (tertiary/aromatic N) is 1. The molecule has 0 spiro atoms. The molecule has 108 valence electrons. The maximum Gasteiger partial charge on any atom is 0.240 e. The Morgan fingerprint density at radius 2 is 2.00 bits per heavy atom. The summed E-state index contributed by atoms with van der Waals surface area (Å²) < 4.78 is 25.6. The van der Waals surface area contributed by atoms with Crippen LogP contribution in [0.15, 0.2) is 23.1 Å². The normalized spacial score (nSPS) is 11.8. The highest BCUT2D eigenvalue weighted by atomic mass is 32.2. The van der Waals surface area contributed by atoms with Gasteiger partial charge in [-0.2, -0.15) is 0 Å². The molecular formula is C13H23N3O2S. The van der Waals surface area contributed by atoms with E-state index in [-0.39, 0.29) is 4.90 Å². The van der Waals surface area contributed by atoms with Gasteiger partial charge in [0, 0.05) is 13.6 Å². The van der Waals surface area contributed by atoms with Gasteiger partial charge in [-0.25, -0.2) is 13.1 Å². The molecule has 1 aromatic rings. The van der Waals surface area contributed by atoms with Crippen LogP contribution in [0.3, 0.4) is 0 Å². The van der Waals surface area contributed by atoms with Crippen LogP contribution in [-0.4, -0.2) is 29.1 Å². The topological polar surface area (TPSA) is 75.4 Å². The molecule has 1 rings (SSSR count). The molecule has 6 heteroatoms. The number of sulfonamides is 1. The third-order valence-electron chi connectivity index (χ3n) is 3.03. The SMILES string of the molecule is CNS(=O)(=O)c1ccc(N(C)CCC(C)C)c(N)c1. The van der Waals surface area contributed by atoms with Crippen LogP contribution >= 0.6 is 0 Å². The third-order valence-corrected chi connectivity index (χ3v) is 4.44. The van der Waals surface area contributed by atoms with Crippen LogP contribution in [0.2, 0.25) is 0 Å². The van der Waals surface area contributed by atoms with Crippen LogP contribution in [0, 0.1) is 5.92 Å². The lowest BCUT2D eigenvalue weighted by molar-refractivity contribution is 0.585. The van der Waals surface area contributed by atoms with E-state index in [9.17, 15) is 8.42 Å². The largest absolute Gasteiger partial charge is 0.397 e. The van der Waals surface area contributed by atoms with Crippen LogP contribution in [0.4, 0.5) is 11.4 Å². The molecule has 0 amide bonds. The predicted molar refractivity (Wildman–Crippen MR) is 79.8 cm³/mol. The molecule has 0 saturated carbocycles. The fraction of sp³-hybridized carbons (Fsp3) is 0.538. The number of hydrogen-bond acceptors (Lipinski definition) is 4. The Labute approximate surface area is 115 Å². The molecule has 0 aliphatic carbocycles. The first-order valence-electron chi connectivity index (χ1n) is 6.32. The molecule has 0 atom stereocenters. The molecule has 3 N–H and O–H groups in total. The summed E-state index contributed by atoms with van der Waals surface area (Å²) in [5.41, 5.74) is 7.28. The Morgan fingerprint density at radius 3 is 2.47 bits per heavy atom. The van der Waals surface area contributed by atoms with Gasteiger partial charge >= 0.3 is 0 Å². The maximum absolute atomic E-state index is 11.7. The molecule has 5 nitrogen and oxygen atoms in total. The van der Waals surface area contributed by atoms with E-state index >= 15 is 0 Å². The van der Waals surface area contributed by atoms with E-state index < -0.39 is 10.0 Å². The predicted octanol–water partition coefficient (Wildman–Crippen LogP) is 1.66. The van der Waals surface area contributed by atoms with E-state index in [1.54, 1.807) is 12.1 Å². The van der Waals surface area contributed by atoms with Gasteiger partial charge in [-0.15, -0.1) is 0 Å². The van der Waals surface area contributed by atoms with Crippen molar-refractivity contribution < 1.29 is 8.42 Å². The number of nitrogens with one attached hydrogen (secondary N) is 1. The van der Waals surface area contributed by atoms with Crippen LogP contribution in [0.5, 0.6) is 0 Å². The van der Waals surface area contributed by atoms with Crippen LogP contribution in [-0.2, 0) is 10.0 Å². The monoisotopic (exact) mass is 285 g/mol. The van der Waals surface area contributed by atoms with Crippen molar-refractivity contribution >= 4 is 21.4 Å². The van der Waals surface area contributed by atoms with Gasteiger partial charge in [0.2, 0.25) is 10.0 Å². The van der Waals surface area contributed by atoms with Crippen LogP contribution < -0.4 is 15.4 Å². The molecule has 0 aromatic heterocycles. The second kappa shape index (κ2) is 6.25. The van der Waals surface area contributed by atoms with E-state index in [4.69, 9.17) is 5.73 Å². The molecule has 0 saturated heterocycles. The average Bonchev–Trinajstić information content (AvgIpc) is 2.35. The van der Waals surface area contributed by atoms with E-state index in [0.717, 1.165) is 18.7 Å². The first-order chi connectivity index (χ1) is 8.77. The van der Waals surface area contributed by atoms with Crippen molar-refractivity contribution in [2.45, 2.75) is 25.2 Å². The van der Waals surface area contributed by atoms with E-state index in [0.29, 0.717) is 11.6 Å². The fourth-order valence-corrected chi connectivity index (χ4v) is 2.50. The lowest BCUT2D eigenvalue weighted by Crippen LogP contribution is -2.22. The van der Waals surface area contributed by atoms with Gasteiger partial charge in [0.05, 0.1) is 16.3 Å². The first-order valence-corrected chi connectivity index (χ1v) is 7.80. The summed E-state index contributed by atoms with van der Waals surface area (Å²) in [5, 5.41) is 0. The van der Waals surface area contributed by atoms with Crippen molar-refractivity contribution in [3.05, 3.63) is 18.2 Å². The Balaban J connectivity index is 2.95. The second-order valence-electron chi connectivity index (χ2n) is 5.03. The quantitative estimate of drug-likeness (QED) is 0.779. The van der Waals surface area contributed by atoms with E-state index in [1.807, 2.05) is 11.9 Å². The summed E-state index contributed by atoms with van der Waals surface area (Å²) in [6.45, 7) is 5.22. The highest BCUT2D eigenvalue weighted by molar-refractivity contribution is 7.89. The zero-order valence-electron chi connectivity index (χ0n) is 12.0. The molecule has 19 heavy (non-hydrogen) atoms. The number of hydrogen-bond donors (Lipinski definition) is 2. The van der Waals surface area contributed by atoms with E-state index in [1.165, 1.54) is 13.1 Å². The van der Waals surface area contributed by atoms with Gasteiger partial charge in [0.25, 0.3) is 0 Å². The van der Waals surface area contributed by atoms with Gasteiger partial charge < -0.3 is 10.6 Å². The number of rotatable bonds is 6. The lowest BCUT2D eigenvalue weighted by Gasteiger charge is -2.22. The van der Waals surface area contributed by atoms with Crippen molar-refractivity contribution in [3.63, 3.8) is 0 Å². The van der Waals surface area contributed by atoms with Gasteiger partial charge in [-0.1, -0.05) is 13.8 Å². The van der Waals surface area contributed by atoms with Crippen LogP contribution in [0.1, 0.15) is 20.3 Å². The Bertz CT molecular complexity index is 527. The summed E-state index contributed by atoms with van der Waals surface area (Å²) >= 11 is 0. The molecule has 0 aliphatic heterocycles. The number of nitrogen functional groups attached to an aromatic ring is 1. The molecule has 0 radical (unpaired) electrons. The number of nitrogens with two attached hydrogens (primary N) is 1. The summed E-state index contributed by atoms with van der Waals surface area (Å²) in [4.78, 5) is 2.24. The van der Waals surface area contributed by atoms with Crippen molar-refractivity contribution in [2.24, 2.45) is 5.92 Å². The summed E-state index contributed by atoms with van der Waals surface area (Å²) in [6.07, 6.45) is 1.06. The fourth-order valence-electron chi connectivity index (χ4n) is 1.74. The number of benzene rings is 1. The molecule has 1 aromatic carbocycles. The van der Waals surface area contributed by atoms with E-state index in [2.05, 4.69) is 18.6 Å². The zero-order chi connectivity index (χ0) is 14.6. The van der Waals surface area contributed by atoms with Gasteiger partial charge in [-0.05, 0) is 37.6 Å². The van der Waals surface area contributed by atoms with Gasteiger partial charge in [0.1, 0.15) is 0 Å². The highest BCUT2D eigenvalue weighted by Crippen LogP contribution is 2.25. The molecule has 0 bridgehead atoms. The summed E-state index contributed by atoms with van der Waals surface area (Å²) in [5.74, 6) is 0.618. The molecule has 0 fully saturated rings. The number of anilines is 2. The summed E-state index contributed by atoms with van der Waals surface area (Å²) in [7, 11) is -0.0956. The first kappa shape index (κ1) is 15.8. The Hall–Kier alpha value is -1.27. The summed E-state index contributed by atoms with van der Waals surface area (Å²) in [6, 6.07) is 4.82. The second-order valence-corrected chi connectivity index (χ2v) is 6.92. The van der Waals surface area contributed by atoms with Crippen molar-refractivity contribution in [1.29, 1.82) is 0 Å². The molecule has 0 unspecified atom stereocenters. The van der Waals surface area contributed by atoms with Crippen molar-refractivity contribution in [3.8, 4) is 0 Å². The smallest absolute Gasteiger partial charge is 0.240 e. The zero-order valence-corrected chi connectivity index (χ0v) is 12.8. The third kappa shape index (κ3) is 4.11. The minimum atomic E-state index is -3.44. The standard InChI is InChI=1S/C13H23N3O2S/c1-10(2)7-8-16(4)13-6-5-11(9-12(13)14)19(17,18)15-3/h5-6,9-10,15H,7-8,14H2,1-4H3. The minimum absolute atomic E-state index is 0.188. The minimum Gasteiger partial charge on any atom is -0.397 e. The van der Waals surface area contributed by atoms with Gasteiger partial charge in [0.15, 0.2) is 0 Å². The Morgan fingerprint density at radius 1 is 1.37 bits per heavy atom.